The SMILES string of the molecule is CCc1[o+]c(C)cc2c1sc1cc(C)sc12. The molecular weight excluding hydrogens is 236 g/mol. The Morgan fingerprint density at radius 2 is 1.94 bits per heavy atom. The molecule has 3 rings (SSSR count). The van der Waals surface area contributed by atoms with E-state index in [-0.39, 0.29) is 0 Å². The molecule has 16 heavy (non-hydrogen) atoms. The highest BCUT2D eigenvalue weighted by molar-refractivity contribution is 7.32. The molecule has 0 saturated heterocycles. The molecule has 0 fully saturated rings. The molecule has 0 amide bonds. The number of rotatable bonds is 1. The Morgan fingerprint density at radius 3 is 2.69 bits per heavy atom. The fourth-order valence-electron chi connectivity index (χ4n) is 2.07. The van der Waals surface area contributed by atoms with E-state index in [4.69, 9.17) is 4.42 Å². The highest BCUT2D eigenvalue weighted by Gasteiger charge is 2.20. The molecule has 0 atom stereocenters. The number of hydrogen-bond acceptors (Lipinski definition) is 2. The molecule has 0 bridgehead atoms. The second-order valence-electron chi connectivity index (χ2n) is 4.03. The molecular formula is C13H13OS2+. The van der Waals surface area contributed by atoms with E-state index in [0.717, 1.165) is 17.9 Å². The van der Waals surface area contributed by atoms with Crippen LogP contribution in [0.3, 0.4) is 0 Å². The van der Waals surface area contributed by atoms with Crippen molar-refractivity contribution < 1.29 is 4.42 Å². The standard InChI is InChI=1S/C13H13OS2/c1-4-10-12-9(5-7(2)14-10)13-11(16-12)6-8(3)15-13/h5-6H,4H2,1-3H3/q+1. The average Bonchev–Trinajstić information content (AvgIpc) is 2.74. The lowest BCUT2D eigenvalue weighted by molar-refractivity contribution is 0.479. The van der Waals surface area contributed by atoms with Gasteiger partial charge in [-0.15, -0.1) is 22.7 Å². The Balaban J connectivity index is 2.50. The highest BCUT2D eigenvalue weighted by atomic mass is 32.1. The van der Waals surface area contributed by atoms with Crippen molar-refractivity contribution >= 4 is 42.2 Å². The van der Waals surface area contributed by atoms with Crippen LogP contribution in [0, 0.1) is 13.8 Å². The van der Waals surface area contributed by atoms with Crippen molar-refractivity contribution in [2.75, 3.05) is 0 Å². The molecule has 82 valence electrons. The van der Waals surface area contributed by atoms with Gasteiger partial charge in [-0.3, -0.25) is 0 Å². The number of hydrogen-bond donors (Lipinski definition) is 0. The maximum absolute atomic E-state index is 5.78. The molecule has 0 unspecified atom stereocenters. The van der Waals surface area contributed by atoms with Crippen LogP contribution < -0.4 is 0 Å². The van der Waals surface area contributed by atoms with Gasteiger partial charge in [0.2, 0.25) is 0 Å². The molecule has 3 heteroatoms. The monoisotopic (exact) mass is 249 g/mol. The van der Waals surface area contributed by atoms with Crippen molar-refractivity contribution in [2.24, 2.45) is 0 Å². The van der Waals surface area contributed by atoms with Crippen LogP contribution in [0.25, 0.3) is 19.5 Å². The lowest BCUT2D eigenvalue weighted by Crippen LogP contribution is -1.81. The highest BCUT2D eigenvalue weighted by Crippen LogP contribution is 2.41. The first-order valence-electron chi connectivity index (χ1n) is 5.44. The number of aryl methyl sites for hydroxylation is 3. The third kappa shape index (κ3) is 1.39. The molecule has 0 N–H and O–H groups in total. The summed E-state index contributed by atoms with van der Waals surface area (Å²) in [6.45, 7) is 6.35. The zero-order valence-corrected chi connectivity index (χ0v) is 11.2. The maximum Gasteiger partial charge on any atom is 0.346 e. The fourth-order valence-corrected chi connectivity index (χ4v) is 4.61. The molecule has 3 aromatic rings. The third-order valence-electron chi connectivity index (χ3n) is 2.73. The van der Waals surface area contributed by atoms with Crippen LogP contribution in [0.1, 0.15) is 23.3 Å². The van der Waals surface area contributed by atoms with Crippen LogP contribution in [0.5, 0.6) is 0 Å². The molecule has 3 aromatic heterocycles. The summed E-state index contributed by atoms with van der Waals surface area (Å²) >= 11 is 3.74. The largest absolute Gasteiger partial charge is 0.346 e. The molecule has 0 radical (unpaired) electrons. The van der Waals surface area contributed by atoms with Crippen molar-refractivity contribution in [1.29, 1.82) is 0 Å². The van der Waals surface area contributed by atoms with E-state index in [2.05, 4.69) is 26.0 Å². The first-order chi connectivity index (χ1) is 7.69. The number of fused-ring (bicyclic) bond motifs is 3. The summed E-state index contributed by atoms with van der Waals surface area (Å²) in [7, 11) is 0. The molecule has 0 aliphatic rings. The summed E-state index contributed by atoms with van der Waals surface area (Å²) in [5, 5.41) is 1.37. The topological polar surface area (TPSA) is 11.3 Å². The van der Waals surface area contributed by atoms with Gasteiger partial charge in [-0.05, 0) is 13.0 Å². The summed E-state index contributed by atoms with van der Waals surface area (Å²) in [6.07, 6.45) is 0.963. The van der Waals surface area contributed by atoms with Crippen LogP contribution in [-0.2, 0) is 6.42 Å². The Bertz CT molecular complexity index is 676. The molecule has 1 nitrogen and oxygen atoms in total. The van der Waals surface area contributed by atoms with Gasteiger partial charge in [-0.25, -0.2) is 4.42 Å². The smallest absolute Gasteiger partial charge is 0.217 e. The lowest BCUT2D eigenvalue weighted by atomic mass is 10.2. The minimum atomic E-state index is 0.963. The van der Waals surface area contributed by atoms with Crippen LogP contribution in [0.2, 0.25) is 0 Å². The summed E-state index contributed by atoms with van der Waals surface area (Å²) in [6, 6.07) is 4.45. The average molecular weight is 249 g/mol. The normalized spacial score (nSPS) is 11.7. The second-order valence-corrected chi connectivity index (χ2v) is 6.34. The summed E-state index contributed by atoms with van der Waals surface area (Å²) in [4.78, 5) is 1.39. The Hall–Kier alpha value is -0.930. The first-order valence-corrected chi connectivity index (χ1v) is 7.07. The van der Waals surface area contributed by atoms with Gasteiger partial charge in [-0.1, -0.05) is 6.92 Å². The predicted octanol–water partition coefficient (Wildman–Crippen LogP) is 5.17. The van der Waals surface area contributed by atoms with Crippen molar-refractivity contribution in [3.63, 3.8) is 0 Å². The zero-order chi connectivity index (χ0) is 11.3. The van der Waals surface area contributed by atoms with Crippen LogP contribution in [0.15, 0.2) is 16.5 Å². The maximum atomic E-state index is 5.78. The van der Waals surface area contributed by atoms with E-state index < -0.39 is 0 Å². The third-order valence-corrected chi connectivity index (χ3v) is 5.14. The van der Waals surface area contributed by atoms with E-state index in [1.54, 1.807) is 0 Å². The van der Waals surface area contributed by atoms with E-state index >= 15 is 0 Å². The summed E-state index contributed by atoms with van der Waals surface area (Å²) < 4.78 is 9.93. The number of thiophene rings is 2. The Morgan fingerprint density at radius 1 is 1.12 bits per heavy atom. The molecule has 0 aliphatic carbocycles. The first kappa shape index (κ1) is 10.2. The van der Waals surface area contributed by atoms with Crippen LogP contribution in [0.4, 0.5) is 0 Å². The van der Waals surface area contributed by atoms with Crippen molar-refractivity contribution in [1.82, 2.24) is 0 Å². The van der Waals surface area contributed by atoms with Gasteiger partial charge in [-0.2, -0.15) is 0 Å². The van der Waals surface area contributed by atoms with Gasteiger partial charge in [0.1, 0.15) is 4.70 Å². The summed E-state index contributed by atoms with van der Waals surface area (Å²) in [5.74, 6) is 2.14. The van der Waals surface area contributed by atoms with Gasteiger partial charge < -0.3 is 0 Å². The molecule has 0 aliphatic heterocycles. The van der Waals surface area contributed by atoms with Gasteiger partial charge in [0.15, 0.2) is 0 Å². The van der Waals surface area contributed by atoms with Gasteiger partial charge in [0.25, 0.3) is 0 Å². The van der Waals surface area contributed by atoms with E-state index in [9.17, 15) is 0 Å². The summed E-state index contributed by atoms with van der Waals surface area (Å²) in [5.41, 5.74) is 0. The lowest BCUT2D eigenvalue weighted by Gasteiger charge is -1.89. The van der Waals surface area contributed by atoms with E-state index in [1.165, 1.54) is 24.4 Å². The Labute approximate surface area is 102 Å². The van der Waals surface area contributed by atoms with E-state index in [0.29, 0.717) is 0 Å². The molecule has 0 aromatic carbocycles. The molecule has 3 heterocycles. The molecule has 0 saturated carbocycles. The van der Waals surface area contributed by atoms with Gasteiger partial charge in [0, 0.05) is 21.0 Å². The quantitative estimate of drug-likeness (QED) is 0.541. The van der Waals surface area contributed by atoms with E-state index in [1.807, 2.05) is 29.6 Å². The van der Waals surface area contributed by atoms with Crippen LogP contribution in [-0.4, -0.2) is 0 Å². The fraction of sp³-hybridized carbons (Fsp3) is 0.308. The zero-order valence-electron chi connectivity index (χ0n) is 9.59. The van der Waals surface area contributed by atoms with Crippen molar-refractivity contribution in [3.05, 3.63) is 28.5 Å². The van der Waals surface area contributed by atoms with Gasteiger partial charge >= 0.3 is 11.5 Å². The van der Waals surface area contributed by atoms with Gasteiger partial charge in [0.05, 0.1) is 18.0 Å². The Kier molecular flexibility index (Phi) is 2.26. The predicted molar refractivity (Wildman–Crippen MR) is 72.7 cm³/mol. The van der Waals surface area contributed by atoms with Crippen molar-refractivity contribution in [2.45, 2.75) is 27.2 Å². The van der Waals surface area contributed by atoms with Crippen molar-refractivity contribution in [3.8, 4) is 0 Å². The second kappa shape index (κ2) is 3.54. The molecule has 0 spiro atoms. The van der Waals surface area contributed by atoms with Crippen LogP contribution >= 0.6 is 22.7 Å². The minimum absolute atomic E-state index is 0.963. The minimum Gasteiger partial charge on any atom is -0.217 e.